The molecule has 0 spiro atoms. The third-order valence-corrected chi connectivity index (χ3v) is 4.09. The number of hydrogen-bond acceptors (Lipinski definition) is 3. The lowest BCUT2D eigenvalue weighted by Crippen LogP contribution is -2.16. The number of halogens is 1. The Hall–Kier alpha value is -1.71. The van der Waals surface area contributed by atoms with Crippen molar-refractivity contribution in [1.82, 2.24) is 5.32 Å². The van der Waals surface area contributed by atoms with Crippen LogP contribution in [0.15, 0.2) is 36.4 Å². The predicted molar refractivity (Wildman–Crippen MR) is 86.9 cm³/mol. The Labute approximate surface area is 130 Å². The molecule has 3 nitrogen and oxygen atoms in total. The first-order valence-corrected chi connectivity index (χ1v) is 7.60. The number of hydrogen-bond donors (Lipinski definition) is 2. The zero-order valence-electron chi connectivity index (χ0n) is 11.9. The Kier molecular flexibility index (Phi) is 4.32. The maximum absolute atomic E-state index is 6.34. The monoisotopic (exact) mass is 302 g/mol. The summed E-state index contributed by atoms with van der Waals surface area (Å²) in [4.78, 5) is 0. The molecule has 1 aliphatic rings. The van der Waals surface area contributed by atoms with Gasteiger partial charge in [0.25, 0.3) is 0 Å². The molecule has 4 heteroatoms. The number of nitrogens with one attached hydrogen (secondary N) is 1. The molecule has 21 heavy (non-hydrogen) atoms. The Balaban J connectivity index is 1.82. The fraction of sp³-hybridized carbons (Fsp3) is 0.294. The molecule has 3 N–H and O–H groups in total. The summed E-state index contributed by atoms with van der Waals surface area (Å²) in [6, 6.07) is 11.8. The molecule has 2 aromatic rings. The van der Waals surface area contributed by atoms with Crippen LogP contribution in [0.2, 0.25) is 5.02 Å². The second-order valence-corrected chi connectivity index (χ2v) is 5.70. The summed E-state index contributed by atoms with van der Waals surface area (Å²) >= 11 is 6.34. The molecule has 110 valence electrons. The molecule has 0 saturated heterocycles. The number of anilines is 1. The van der Waals surface area contributed by atoms with Gasteiger partial charge < -0.3 is 15.8 Å². The first-order chi connectivity index (χ1) is 10.2. The number of fused-ring (bicyclic) bond motifs is 1. The Morgan fingerprint density at radius 1 is 1.05 bits per heavy atom. The van der Waals surface area contributed by atoms with E-state index < -0.39 is 0 Å². The van der Waals surface area contributed by atoms with Gasteiger partial charge in [0.2, 0.25) is 0 Å². The molecule has 2 aromatic carbocycles. The van der Waals surface area contributed by atoms with E-state index in [1.807, 2.05) is 30.3 Å². The van der Waals surface area contributed by atoms with Crippen LogP contribution >= 0.6 is 11.6 Å². The summed E-state index contributed by atoms with van der Waals surface area (Å²) in [5.41, 5.74) is 10.1. The maximum Gasteiger partial charge on any atom is 0.141 e. The van der Waals surface area contributed by atoms with Gasteiger partial charge in [-0.2, -0.15) is 0 Å². The molecule has 0 atom stereocenters. The molecule has 0 bridgehead atoms. The minimum Gasteiger partial charge on any atom is -0.487 e. The first kappa shape index (κ1) is 14.2. The lowest BCUT2D eigenvalue weighted by atomic mass is 10.0. The van der Waals surface area contributed by atoms with Gasteiger partial charge in [0.15, 0.2) is 0 Å². The van der Waals surface area contributed by atoms with Crippen molar-refractivity contribution in [2.24, 2.45) is 0 Å². The van der Waals surface area contributed by atoms with E-state index in [9.17, 15) is 0 Å². The molecular weight excluding hydrogens is 284 g/mol. The summed E-state index contributed by atoms with van der Waals surface area (Å²) < 4.78 is 6.02. The lowest BCUT2D eigenvalue weighted by molar-refractivity contribution is 0.303. The summed E-state index contributed by atoms with van der Waals surface area (Å²) in [6.45, 7) is 2.47. The normalized spacial score (nSPS) is 14.3. The highest BCUT2D eigenvalue weighted by Crippen LogP contribution is 2.33. The average Bonchev–Trinajstić information content (AvgIpc) is 2.73. The van der Waals surface area contributed by atoms with Crippen LogP contribution in [0.5, 0.6) is 5.75 Å². The lowest BCUT2D eigenvalue weighted by Gasteiger charge is -2.15. The molecule has 0 fully saturated rings. The van der Waals surface area contributed by atoms with Gasteiger partial charge in [0, 0.05) is 11.3 Å². The van der Waals surface area contributed by atoms with Crippen LogP contribution in [-0.2, 0) is 19.4 Å². The zero-order valence-corrected chi connectivity index (χ0v) is 12.6. The standard InChI is InChI=1S/C17H19ClN2O/c18-16-6-3-13-7-9-20-10-8-15(13)17(16)21-11-12-1-4-14(19)5-2-12/h1-6,20H,7-11,19H2. The molecule has 0 amide bonds. The topological polar surface area (TPSA) is 47.3 Å². The van der Waals surface area contributed by atoms with E-state index in [2.05, 4.69) is 11.4 Å². The maximum atomic E-state index is 6.34. The van der Waals surface area contributed by atoms with Crippen molar-refractivity contribution in [2.75, 3.05) is 18.8 Å². The smallest absolute Gasteiger partial charge is 0.141 e. The molecule has 0 saturated carbocycles. The Morgan fingerprint density at radius 2 is 1.81 bits per heavy atom. The minimum absolute atomic E-state index is 0.504. The van der Waals surface area contributed by atoms with Crippen LogP contribution in [0.3, 0.4) is 0 Å². The fourth-order valence-corrected chi connectivity index (χ4v) is 2.87. The van der Waals surface area contributed by atoms with Crippen LogP contribution in [0.4, 0.5) is 5.69 Å². The van der Waals surface area contributed by atoms with E-state index in [-0.39, 0.29) is 0 Å². The average molecular weight is 303 g/mol. The van der Waals surface area contributed by atoms with Gasteiger partial charge in [-0.25, -0.2) is 0 Å². The minimum atomic E-state index is 0.504. The van der Waals surface area contributed by atoms with Gasteiger partial charge in [-0.1, -0.05) is 29.8 Å². The van der Waals surface area contributed by atoms with Crippen LogP contribution in [0.25, 0.3) is 0 Å². The quantitative estimate of drug-likeness (QED) is 0.856. The SMILES string of the molecule is Nc1ccc(COc2c(Cl)ccc3c2CCNCC3)cc1. The van der Waals surface area contributed by atoms with Gasteiger partial charge in [0.05, 0.1) is 5.02 Å². The predicted octanol–water partition coefficient (Wildman–Crippen LogP) is 3.19. The summed E-state index contributed by atoms with van der Waals surface area (Å²) in [5.74, 6) is 0.828. The Morgan fingerprint density at radius 3 is 2.62 bits per heavy atom. The van der Waals surface area contributed by atoms with Gasteiger partial charge in [-0.15, -0.1) is 0 Å². The number of nitrogens with two attached hydrogens (primary N) is 1. The molecule has 0 aromatic heterocycles. The molecular formula is C17H19ClN2O. The summed E-state index contributed by atoms with van der Waals surface area (Å²) in [6.07, 6.45) is 1.97. The van der Waals surface area contributed by atoms with E-state index in [4.69, 9.17) is 22.1 Å². The van der Waals surface area contributed by atoms with Crippen LogP contribution in [0.1, 0.15) is 16.7 Å². The number of nitrogen functional groups attached to an aromatic ring is 1. The van der Waals surface area contributed by atoms with Crippen molar-refractivity contribution in [1.29, 1.82) is 0 Å². The number of ether oxygens (including phenoxy) is 1. The molecule has 3 rings (SSSR count). The molecule has 1 heterocycles. The summed E-state index contributed by atoms with van der Waals surface area (Å²) in [5, 5.41) is 4.09. The third-order valence-electron chi connectivity index (χ3n) is 3.80. The van der Waals surface area contributed by atoms with Gasteiger partial charge in [-0.05, 0) is 55.3 Å². The number of benzene rings is 2. The van der Waals surface area contributed by atoms with Gasteiger partial charge >= 0.3 is 0 Å². The van der Waals surface area contributed by atoms with Crippen molar-refractivity contribution < 1.29 is 4.74 Å². The van der Waals surface area contributed by atoms with E-state index >= 15 is 0 Å². The molecule has 1 aliphatic heterocycles. The van der Waals surface area contributed by atoms with Gasteiger partial charge in [-0.3, -0.25) is 0 Å². The highest BCUT2D eigenvalue weighted by molar-refractivity contribution is 6.32. The zero-order chi connectivity index (χ0) is 14.7. The Bertz CT molecular complexity index is 625. The largest absolute Gasteiger partial charge is 0.487 e. The van der Waals surface area contributed by atoms with Crippen LogP contribution < -0.4 is 15.8 Å². The van der Waals surface area contributed by atoms with E-state index in [1.54, 1.807) is 0 Å². The van der Waals surface area contributed by atoms with Crippen LogP contribution in [-0.4, -0.2) is 13.1 Å². The van der Waals surface area contributed by atoms with Crippen molar-refractivity contribution in [3.8, 4) is 5.75 Å². The van der Waals surface area contributed by atoms with E-state index in [0.717, 1.165) is 42.9 Å². The van der Waals surface area contributed by atoms with E-state index in [1.165, 1.54) is 11.1 Å². The van der Waals surface area contributed by atoms with E-state index in [0.29, 0.717) is 11.6 Å². The van der Waals surface area contributed by atoms with Crippen molar-refractivity contribution in [2.45, 2.75) is 19.4 Å². The fourth-order valence-electron chi connectivity index (χ4n) is 2.64. The molecule has 0 unspecified atom stereocenters. The molecule has 0 aliphatic carbocycles. The second-order valence-electron chi connectivity index (χ2n) is 5.29. The molecule has 0 radical (unpaired) electrons. The second kappa shape index (κ2) is 6.37. The van der Waals surface area contributed by atoms with Crippen molar-refractivity contribution >= 4 is 17.3 Å². The highest BCUT2D eigenvalue weighted by Gasteiger charge is 2.16. The van der Waals surface area contributed by atoms with Gasteiger partial charge in [0.1, 0.15) is 12.4 Å². The first-order valence-electron chi connectivity index (χ1n) is 7.22. The van der Waals surface area contributed by atoms with Crippen LogP contribution in [0, 0.1) is 0 Å². The third kappa shape index (κ3) is 3.31. The summed E-state index contributed by atoms with van der Waals surface area (Å²) in [7, 11) is 0. The highest BCUT2D eigenvalue weighted by atomic mass is 35.5. The van der Waals surface area contributed by atoms with Crippen molar-refractivity contribution in [3.05, 3.63) is 58.1 Å². The van der Waals surface area contributed by atoms with Crippen molar-refractivity contribution in [3.63, 3.8) is 0 Å². The number of rotatable bonds is 3.